The van der Waals surface area contributed by atoms with E-state index in [1.54, 1.807) is 17.8 Å². The van der Waals surface area contributed by atoms with E-state index in [4.69, 9.17) is 5.11 Å². The number of halogens is 1. The number of rotatable bonds is 3. The number of carboxylic acid groups (broad SMARTS) is 1. The Balaban J connectivity index is 2.06. The first-order valence-electron chi connectivity index (χ1n) is 5.37. The first-order chi connectivity index (χ1) is 7.98. The molecule has 1 aliphatic rings. The summed E-state index contributed by atoms with van der Waals surface area (Å²) in [5, 5.41) is 12.0. The van der Waals surface area contributed by atoms with Crippen LogP contribution in [0.4, 0.5) is 4.39 Å². The SMILES string of the molecule is CC1(Cc2cccc(F)c2)N[C@@H](C(=O)O)CS1. The summed E-state index contributed by atoms with van der Waals surface area (Å²) in [6, 6.07) is 5.90. The van der Waals surface area contributed by atoms with Gasteiger partial charge in [-0.15, -0.1) is 11.8 Å². The van der Waals surface area contributed by atoms with Gasteiger partial charge in [0.25, 0.3) is 0 Å². The van der Waals surface area contributed by atoms with Crippen molar-refractivity contribution in [2.24, 2.45) is 0 Å². The molecule has 0 aromatic heterocycles. The summed E-state index contributed by atoms with van der Waals surface area (Å²) < 4.78 is 13.0. The molecule has 17 heavy (non-hydrogen) atoms. The van der Waals surface area contributed by atoms with Crippen LogP contribution in [0, 0.1) is 5.82 Å². The van der Waals surface area contributed by atoms with Gasteiger partial charge in [0.05, 0.1) is 4.87 Å². The summed E-state index contributed by atoms with van der Waals surface area (Å²) in [5.74, 6) is -0.550. The Morgan fingerprint density at radius 3 is 3.06 bits per heavy atom. The minimum Gasteiger partial charge on any atom is -0.480 e. The van der Waals surface area contributed by atoms with Crippen LogP contribution in [0.2, 0.25) is 0 Å². The van der Waals surface area contributed by atoms with Crippen molar-refractivity contribution in [1.29, 1.82) is 0 Å². The van der Waals surface area contributed by atoms with E-state index >= 15 is 0 Å². The van der Waals surface area contributed by atoms with Crippen molar-refractivity contribution in [3.05, 3.63) is 35.6 Å². The molecule has 3 nitrogen and oxygen atoms in total. The molecular formula is C12H14FNO2S. The summed E-state index contributed by atoms with van der Waals surface area (Å²) in [7, 11) is 0. The molecule has 1 aromatic carbocycles. The highest BCUT2D eigenvalue weighted by molar-refractivity contribution is 8.00. The third-order valence-electron chi connectivity index (χ3n) is 2.78. The lowest BCUT2D eigenvalue weighted by Crippen LogP contribution is -2.44. The second-order valence-corrected chi connectivity index (χ2v) is 5.91. The van der Waals surface area contributed by atoms with E-state index in [2.05, 4.69) is 5.32 Å². The van der Waals surface area contributed by atoms with Crippen LogP contribution < -0.4 is 5.32 Å². The normalized spacial score (nSPS) is 28.2. The van der Waals surface area contributed by atoms with Crippen molar-refractivity contribution < 1.29 is 14.3 Å². The van der Waals surface area contributed by atoms with Gasteiger partial charge in [0.2, 0.25) is 0 Å². The van der Waals surface area contributed by atoms with E-state index in [0.29, 0.717) is 12.2 Å². The average molecular weight is 255 g/mol. The van der Waals surface area contributed by atoms with Gasteiger partial charge in [-0.25, -0.2) is 4.39 Å². The highest BCUT2D eigenvalue weighted by atomic mass is 32.2. The predicted octanol–water partition coefficient (Wildman–Crippen LogP) is 1.87. The van der Waals surface area contributed by atoms with Gasteiger partial charge in [0.15, 0.2) is 0 Å². The summed E-state index contributed by atoms with van der Waals surface area (Å²) in [4.78, 5) is 10.5. The highest BCUT2D eigenvalue weighted by Crippen LogP contribution is 2.33. The Morgan fingerprint density at radius 1 is 1.71 bits per heavy atom. The molecule has 0 radical (unpaired) electrons. The van der Waals surface area contributed by atoms with Gasteiger partial charge in [-0.2, -0.15) is 0 Å². The van der Waals surface area contributed by atoms with Crippen molar-refractivity contribution >= 4 is 17.7 Å². The number of carbonyl (C=O) groups is 1. The molecule has 1 aromatic rings. The summed E-state index contributed by atoms with van der Waals surface area (Å²) in [5.41, 5.74) is 0.874. The van der Waals surface area contributed by atoms with Crippen LogP contribution in [0.15, 0.2) is 24.3 Å². The molecule has 1 aliphatic heterocycles. The van der Waals surface area contributed by atoms with Gasteiger partial charge < -0.3 is 5.11 Å². The molecule has 0 saturated carbocycles. The van der Waals surface area contributed by atoms with Crippen molar-refractivity contribution in [2.45, 2.75) is 24.3 Å². The van der Waals surface area contributed by atoms with Crippen molar-refractivity contribution in [3.63, 3.8) is 0 Å². The van der Waals surface area contributed by atoms with Crippen LogP contribution in [0.25, 0.3) is 0 Å². The first-order valence-corrected chi connectivity index (χ1v) is 6.36. The van der Waals surface area contributed by atoms with Gasteiger partial charge in [-0.05, 0) is 31.0 Å². The quantitative estimate of drug-likeness (QED) is 0.865. The molecule has 2 atom stereocenters. The summed E-state index contributed by atoms with van der Waals surface area (Å²) in [6.07, 6.45) is 0.610. The van der Waals surface area contributed by atoms with Gasteiger partial charge in [0.1, 0.15) is 11.9 Å². The third kappa shape index (κ3) is 2.98. The topological polar surface area (TPSA) is 49.3 Å². The monoisotopic (exact) mass is 255 g/mol. The fourth-order valence-electron chi connectivity index (χ4n) is 1.99. The Kier molecular flexibility index (Phi) is 3.40. The molecule has 0 spiro atoms. The van der Waals surface area contributed by atoms with Crippen LogP contribution >= 0.6 is 11.8 Å². The fraction of sp³-hybridized carbons (Fsp3) is 0.417. The largest absolute Gasteiger partial charge is 0.480 e. The zero-order valence-corrected chi connectivity index (χ0v) is 10.3. The number of hydrogen-bond donors (Lipinski definition) is 2. The molecule has 1 saturated heterocycles. The van der Waals surface area contributed by atoms with Crippen molar-refractivity contribution in [1.82, 2.24) is 5.32 Å². The Morgan fingerprint density at radius 2 is 2.47 bits per heavy atom. The van der Waals surface area contributed by atoms with Gasteiger partial charge in [-0.1, -0.05) is 12.1 Å². The van der Waals surface area contributed by atoms with Crippen LogP contribution in [-0.2, 0) is 11.2 Å². The lowest BCUT2D eigenvalue weighted by Gasteiger charge is -2.24. The van der Waals surface area contributed by atoms with Crippen LogP contribution in [0.1, 0.15) is 12.5 Å². The molecule has 0 aliphatic carbocycles. The van der Waals surface area contributed by atoms with E-state index < -0.39 is 12.0 Å². The Hall–Kier alpha value is -1.07. The summed E-state index contributed by atoms with van der Waals surface area (Å²) in [6.45, 7) is 1.95. The maximum Gasteiger partial charge on any atom is 0.321 e. The number of carboxylic acids is 1. The zero-order valence-electron chi connectivity index (χ0n) is 9.44. The number of benzene rings is 1. The van der Waals surface area contributed by atoms with Crippen LogP contribution in [-0.4, -0.2) is 27.7 Å². The number of nitrogens with one attached hydrogen (secondary N) is 1. The van der Waals surface area contributed by atoms with Gasteiger partial charge in [0, 0.05) is 5.75 Å². The van der Waals surface area contributed by atoms with Crippen molar-refractivity contribution in [3.8, 4) is 0 Å². The Bertz CT molecular complexity index is 440. The van der Waals surface area contributed by atoms with Gasteiger partial charge in [-0.3, -0.25) is 10.1 Å². The highest BCUT2D eigenvalue weighted by Gasteiger charge is 2.38. The molecule has 0 bridgehead atoms. The molecule has 5 heteroatoms. The lowest BCUT2D eigenvalue weighted by atomic mass is 10.1. The van der Waals surface area contributed by atoms with E-state index in [0.717, 1.165) is 5.56 Å². The average Bonchev–Trinajstić information content (AvgIpc) is 2.60. The minimum absolute atomic E-state index is 0.260. The summed E-state index contributed by atoms with van der Waals surface area (Å²) >= 11 is 1.57. The maximum absolute atomic E-state index is 13.0. The molecule has 2 N–H and O–H groups in total. The Labute approximate surface area is 103 Å². The van der Waals surface area contributed by atoms with E-state index in [1.807, 2.05) is 13.0 Å². The smallest absolute Gasteiger partial charge is 0.321 e. The van der Waals surface area contributed by atoms with E-state index in [-0.39, 0.29) is 10.7 Å². The molecule has 1 heterocycles. The number of aliphatic carboxylic acids is 1. The number of thioether (sulfide) groups is 1. The third-order valence-corrected chi connectivity index (χ3v) is 4.18. The predicted molar refractivity (Wildman–Crippen MR) is 65.5 cm³/mol. The number of hydrogen-bond acceptors (Lipinski definition) is 3. The molecule has 1 unspecified atom stereocenters. The van der Waals surface area contributed by atoms with E-state index in [9.17, 15) is 9.18 Å². The standard InChI is InChI=1S/C12H14FNO2S/c1-12(14-10(7-17-12)11(15)16)6-8-3-2-4-9(13)5-8/h2-5,10,14H,6-7H2,1H3,(H,15,16)/t10-,12?/m1/s1. The fourth-order valence-corrected chi connectivity index (χ4v) is 3.25. The molecule has 0 amide bonds. The second-order valence-electron chi connectivity index (χ2n) is 4.38. The second kappa shape index (κ2) is 4.66. The first kappa shape index (κ1) is 12.4. The minimum atomic E-state index is -0.833. The molecule has 92 valence electrons. The van der Waals surface area contributed by atoms with Crippen LogP contribution in [0.3, 0.4) is 0 Å². The molecule has 2 rings (SSSR count). The van der Waals surface area contributed by atoms with Gasteiger partial charge >= 0.3 is 5.97 Å². The maximum atomic E-state index is 13.0. The van der Waals surface area contributed by atoms with Crippen LogP contribution in [0.5, 0.6) is 0 Å². The zero-order chi connectivity index (χ0) is 12.5. The molecule has 1 fully saturated rings. The lowest BCUT2D eigenvalue weighted by molar-refractivity contribution is -0.138. The molecular weight excluding hydrogens is 241 g/mol. The van der Waals surface area contributed by atoms with Crippen molar-refractivity contribution in [2.75, 3.05) is 5.75 Å². The van der Waals surface area contributed by atoms with E-state index in [1.165, 1.54) is 12.1 Å².